The quantitative estimate of drug-likeness (QED) is 0.581. The summed E-state index contributed by atoms with van der Waals surface area (Å²) in [5.41, 5.74) is 4.15. The van der Waals surface area contributed by atoms with Crippen LogP contribution in [0.4, 0.5) is 4.39 Å². The molecule has 2 rings (SSSR count). The van der Waals surface area contributed by atoms with Gasteiger partial charge in [-0.05, 0) is 37.5 Å². The highest BCUT2D eigenvalue weighted by Gasteiger charge is 2.30. The third-order valence-corrected chi connectivity index (χ3v) is 6.79. The lowest BCUT2D eigenvalue weighted by molar-refractivity contribution is 0.504. The van der Waals surface area contributed by atoms with Crippen molar-refractivity contribution in [1.82, 2.24) is 4.98 Å². The first-order chi connectivity index (χ1) is 9.61. The predicted octanol–water partition coefficient (Wildman–Crippen LogP) is 5.25. The van der Waals surface area contributed by atoms with Gasteiger partial charge in [0.15, 0.2) is 0 Å². The van der Waals surface area contributed by atoms with E-state index in [1.54, 1.807) is 11.3 Å². The summed E-state index contributed by atoms with van der Waals surface area (Å²) >= 11 is 8.98. The molecular weight excluding hydrogens is 405 g/mol. The van der Waals surface area contributed by atoms with Crippen molar-refractivity contribution in [3.8, 4) is 0 Å². The second-order valence-corrected chi connectivity index (χ2v) is 6.98. The molecule has 0 spiro atoms. The van der Waals surface area contributed by atoms with Gasteiger partial charge >= 0.3 is 0 Å². The lowest BCUT2D eigenvalue weighted by Gasteiger charge is -2.30. The second-order valence-electron chi connectivity index (χ2n) is 4.92. The van der Waals surface area contributed by atoms with Crippen molar-refractivity contribution < 1.29 is 4.39 Å². The van der Waals surface area contributed by atoms with Crippen LogP contribution in [0.2, 0.25) is 0 Å². The molecule has 1 nitrogen and oxygen atoms in total. The van der Waals surface area contributed by atoms with E-state index >= 15 is 0 Å². The molecule has 1 aromatic heterocycles. The van der Waals surface area contributed by atoms with E-state index in [0.717, 1.165) is 34.8 Å². The molecule has 20 heavy (non-hydrogen) atoms. The smallest absolute Gasteiger partial charge is 0.123 e. The molecular formula is C15H16Br2FNS. The zero-order valence-electron chi connectivity index (χ0n) is 11.2. The summed E-state index contributed by atoms with van der Waals surface area (Å²) in [5.74, 6) is -0.190. The Kier molecular flexibility index (Phi) is 5.75. The molecule has 0 amide bonds. The maximum absolute atomic E-state index is 13.1. The Labute approximate surface area is 139 Å². The normalized spacial score (nSPS) is 11.8. The van der Waals surface area contributed by atoms with Crippen molar-refractivity contribution in [2.45, 2.75) is 25.2 Å². The van der Waals surface area contributed by atoms with E-state index in [1.807, 2.05) is 24.6 Å². The molecule has 0 bridgehead atoms. The highest BCUT2D eigenvalue weighted by atomic mass is 79.9. The first-order valence-corrected chi connectivity index (χ1v) is 9.50. The number of aryl methyl sites for hydroxylation is 2. The molecule has 0 radical (unpaired) electrons. The first-order valence-electron chi connectivity index (χ1n) is 6.38. The number of halogens is 3. The molecule has 0 aliphatic heterocycles. The van der Waals surface area contributed by atoms with Crippen LogP contribution in [0.1, 0.15) is 22.6 Å². The number of nitrogens with zero attached hydrogens (tertiary/aromatic N) is 1. The summed E-state index contributed by atoms with van der Waals surface area (Å²) in [4.78, 5) is 5.63. The molecule has 108 valence electrons. The van der Waals surface area contributed by atoms with E-state index in [-0.39, 0.29) is 11.2 Å². The zero-order chi connectivity index (χ0) is 14.6. The van der Waals surface area contributed by atoms with Crippen LogP contribution in [0, 0.1) is 12.7 Å². The van der Waals surface area contributed by atoms with E-state index in [4.69, 9.17) is 0 Å². The largest absolute Gasteiger partial charge is 0.250 e. The third-order valence-electron chi connectivity index (χ3n) is 3.64. The number of rotatable bonds is 6. The Morgan fingerprint density at radius 3 is 2.35 bits per heavy atom. The van der Waals surface area contributed by atoms with E-state index in [1.165, 1.54) is 17.0 Å². The van der Waals surface area contributed by atoms with E-state index < -0.39 is 0 Å². The van der Waals surface area contributed by atoms with Crippen LogP contribution in [0.15, 0.2) is 29.8 Å². The van der Waals surface area contributed by atoms with Gasteiger partial charge < -0.3 is 0 Å². The molecule has 0 aliphatic carbocycles. The monoisotopic (exact) mass is 419 g/mol. The lowest BCUT2D eigenvalue weighted by atomic mass is 9.80. The Morgan fingerprint density at radius 1 is 1.20 bits per heavy atom. The van der Waals surface area contributed by atoms with Crippen LogP contribution in [-0.4, -0.2) is 15.6 Å². The zero-order valence-corrected chi connectivity index (χ0v) is 15.2. The third kappa shape index (κ3) is 3.49. The molecule has 2 aromatic rings. The van der Waals surface area contributed by atoms with Crippen LogP contribution in [0.25, 0.3) is 0 Å². The van der Waals surface area contributed by atoms with Crippen LogP contribution in [-0.2, 0) is 11.8 Å². The van der Waals surface area contributed by atoms with Crippen molar-refractivity contribution >= 4 is 43.2 Å². The van der Waals surface area contributed by atoms with Crippen LogP contribution in [0.5, 0.6) is 0 Å². The minimum atomic E-state index is -0.190. The number of hydrogen-bond donors (Lipinski definition) is 0. The molecule has 0 aliphatic rings. The number of hydrogen-bond acceptors (Lipinski definition) is 2. The van der Waals surface area contributed by atoms with Crippen LogP contribution < -0.4 is 0 Å². The van der Waals surface area contributed by atoms with Crippen molar-refractivity contribution in [3.05, 3.63) is 51.7 Å². The SMILES string of the molecule is Cc1ncsc1CCC(CBr)(CBr)c1ccc(F)cc1. The fourth-order valence-corrected chi connectivity index (χ4v) is 5.11. The summed E-state index contributed by atoms with van der Waals surface area (Å²) in [6.45, 7) is 2.05. The van der Waals surface area contributed by atoms with Gasteiger partial charge in [0.05, 0.1) is 11.2 Å². The average molecular weight is 421 g/mol. The van der Waals surface area contributed by atoms with Gasteiger partial charge in [-0.1, -0.05) is 44.0 Å². The Bertz CT molecular complexity index is 549. The molecule has 0 saturated heterocycles. The summed E-state index contributed by atoms with van der Waals surface area (Å²) in [5, 5.41) is 1.68. The number of benzene rings is 1. The number of aromatic nitrogens is 1. The highest BCUT2D eigenvalue weighted by Crippen LogP contribution is 2.34. The maximum atomic E-state index is 13.1. The average Bonchev–Trinajstić information content (AvgIpc) is 2.88. The van der Waals surface area contributed by atoms with Crippen LogP contribution in [0.3, 0.4) is 0 Å². The van der Waals surface area contributed by atoms with Crippen molar-refractivity contribution in [3.63, 3.8) is 0 Å². The molecule has 0 N–H and O–H groups in total. The fourth-order valence-electron chi connectivity index (χ4n) is 2.19. The van der Waals surface area contributed by atoms with E-state index in [0.29, 0.717) is 0 Å². The van der Waals surface area contributed by atoms with Gasteiger partial charge in [0.1, 0.15) is 5.82 Å². The van der Waals surface area contributed by atoms with E-state index in [2.05, 4.69) is 36.8 Å². The first kappa shape index (κ1) is 16.1. The molecule has 0 saturated carbocycles. The predicted molar refractivity (Wildman–Crippen MR) is 90.8 cm³/mol. The minimum absolute atomic E-state index is 0.0237. The molecule has 0 atom stereocenters. The number of thiazole rings is 1. The second kappa shape index (κ2) is 7.14. The van der Waals surface area contributed by atoms with Gasteiger partial charge in [0.25, 0.3) is 0 Å². The topological polar surface area (TPSA) is 12.9 Å². The summed E-state index contributed by atoms with van der Waals surface area (Å²) in [6, 6.07) is 6.84. The Morgan fingerprint density at radius 2 is 1.85 bits per heavy atom. The van der Waals surface area contributed by atoms with Gasteiger partial charge in [-0.2, -0.15) is 0 Å². The van der Waals surface area contributed by atoms with Crippen molar-refractivity contribution in [2.75, 3.05) is 10.7 Å². The standard InChI is InChI=1S/C15H16Br2FNS/c1-11-14(20-10-19-11)6-7-15(8-16,9-17)12-2-4-13(18)5-3-12/h2-5,10H,6-9H2,1H3. The van der Waals surface area contributed by atoms with Gasteiger partial charge in [0, 0.05) is 21.0 Å². The molecule has 1 aromatic carbocycles. The molecule has 0 fully saturated rings. The van der Waals surface area contributed by atoms with Crippen molar-refractivity contribution in [2.24, 2.45) is 0 Å². The summed E-state index contributed by atoms with van der Waals surface area (Å²) in [7, 11) is 0. The minimum Gasteiger partial charge on any atom is -0.250 e. The lowest BCUT2D eigenvalue weighted by Crippen LogP contribution is -2.31. The number of alkyl halides is 2. The summed E-state index contributed by atoms with van der Waals surface area (Å²) in [6.07, 6.45) is 1.99. The van der Waals surface area contributed by atoms with Crippen LogP contribution >= 0.6 is 43.2 Å². The molecule has 1 heterocycles. The molecule has 0 unspecified atom stereocenters. The van der Waals surface area contributed by atoms with E-state index in [9.17, 15) is 4.39 Å². The Hall–Kier alpha value is -0.260. The van der Waals surface area contributed by atoms with Gasteiger partial charge in [0.2, 0.25) is 0 Å². The van der Waals surface area contributed by atoms with Gasteiger partial charge in [-0.25, -0.2) is 9.37 Å². The molecule has 5 heteroatoms. The Balaban J connectivity index is 2.21. The van der Waals surface area contributed by atoms with Crippen molar-refractivity contribution in [1.29, 1.82) is 0 Å². The fraction of sp³-hybridized carbons (Fsp3) is 0.400. The maximum Gasteiger partial charge on any atom is 0.123 e. The van der Waals surface area contributed by atoms with Gasteiger partial charge in [-0.15, -0.1) is 11.3 Å². The highest BCUT2D eigenvalue weighted by molar-refractivity contribution is 9.09. The summed E-state index contributed by atoms with van der Waals surface area (Å²) < 4.78 is 13.1. The van der Waals surface area contributed by atoms with Gasteiger partial charge in [-0.3, -0.25) is 0 Å².